The quantitative estimate of drug-likeness (QED) is 0.212. The first-order valence-electron chi connectivity index (χ1n) is 14.4. The fraction of sp³-hybridized carbons (Fsp3) is 0.294. The molecule has 8 heteroatoms. The Kier molecular flexibility index (Phi) is 8.81. The lowest BCUT2D eigenvalue weighted by Crippen LogP contribution is -2.05. The van der Waals surface area contributed by atoms with E-state index >= 15 is 0 Å². The molecule has 8 nitrogen and oxygen atoms in total. The number of para-hydroxylation sites is 1. The second-order valence-corrected chi connectivity index (χ2v) is 11.6. The van der Waals surface area contributed by atoms with Crippen LogP contribution in [0.2, 0.25) is 0 Å². The minimum absolute atomic E-state index is 0.295. The van der Waals surface area contributed by atoms with Crippen molar-refractivity contribution in [2.75, 3.05) is 0 Å². The van der Waals surface area contributed by atoms with Crippen LogP contribution in [0.25, 0.3) is 22.1 Å². The number of nitrogens with zero attached hydrogens (tertiary/aromatic N) is 6. The van der Waals surface area contributed by atoms with Crippen molar-refractivity contribution >= 4 is 22.1 Å². The van der Waals surface area contributed by atoms with Crippen LogP contribution in [0, 0.1) is 11.8 Å². The van der Waals surface area contributed by atoms with E-state index in [1.54, 1.807) is 16.9 Å². The van der Waals surface area contributed by atoms with Crippen molar-refractivity contribution in [2.45, 2.75) is 53.6 Å². The van der Waals surface area contributed by atoms with Gasteiger partial charge in [0.05, 0.1) is 18.6 Å². The normalized spacial score (nSPS) is 11.4. The minimum atomic E-state index is 0.295. The zero-order chi connectivity index (χ0) is 29.6. The summed E-state index contributed by atoms with van der Waals surface area (Å²) in [4.78, 5) is 1.64. The lowest BCUT2D eigenvalue weighted by Gasteiger charge is -2.10. The summed E-state index contributed by atoms with van der Waals surface area (Å²) in [5.41, 5.74) is 7.79. The topological polar surface area (TPSA) is 102 Å². The highest BCUT2D eigenvalue weighted by molar-refractivity contribution is 5.74. The molecule has 0 unspecified atom stereocenters. The van der Waals surface area contributed by atoms with E-state index in [2.05, 4.69) is 54.3 Å². The third kappa shape index (κ3) is 7.13. The fourth-order valence-electron chi connectivity index (χ4n) is 5.05. The van der Waals surface area contributed by atoms with Crippen LogP contribution in [-0.4, -0.2) is 40.2 Å². The van der Waals surface area contributed by atoms with Gasteiger partial charge in [0.2, 0.25) is 0 Å². The first-order valence-corrected chi connectivity index (χ1v) is 14.4. The van der Waals surface area contributed by atoms with Crippen LogP contribution in [-0.2, 0) is 25.9 Å². The van der Waals surface area contributed by atoms with Crippen molar-refractivity contribution in [1.29, 1.82) is 0 Å². The summed E-state index contributed by atoms with van der Waals surface area (Å²) >= 11 is 0. The van der Waals surface area contributed by atoms with Crippen molar-refractivity contribution in [3.8, 4) is 11.5 Å². The van der Waals surface area contributed by atoms with E-state index in [1.807, 2.05) is 71.4 Å². The average molecular weight is 563 g/mol. The summed E-state index contributed by atoms with van der Waals surface area (Å²) < 4.78 is 1.82. The Morgan fingerprint density at radius 3 is 1.67 bits per heavy atom. The zero-order valence-corrected chi connectivity index (χ0v) is 24.6. The Labute approximate surface area is 246 Å². The highest BCUT2D eigenvalue weighted by Gasteiger charge is 2.10. The van der Waals surface area contributed by atoms with Gasteiger partial charge in [-0.3, -0.25) is 0 Å². The van der Waals surface area contributed by atoms with Crippen LogP contribution >= 0.6 is 0 Å². The summed E-state index contributed by atoms with van der Waals surface area (Å²) in [6.07, 6.45) is 2.01. The smallest absolute Gasteiger partial charge is 0.120 e. The molecule has 0 atom stereocenters. The van der Waals surface area contributed by atoms with Crippen LogP contribution < -0.4 is 0 Å². The highest BCUT2D eigenvalue weighted by Crippen LogP contribution is 2.23. The van der Waals surface area contributed by atoms with Gasteiger partial charge < -0.3 is 10.2 Å². The van der Waals surface area contributed by atoms with E-state index in [0.29, 0.717) is 36.4 Å². The largest absolute Gasteiger partial charge is 0.508 e. The van der Waals surface area contributed by atoms with Gasteiger partial charge in [-0.2, -0.15) is 15.0 Å². The summed E-state index contributed by atoms with van der Waals surface area (Å²) in [6.45, 7) is 9.77. The first kappa shape index (κ1) is 28.8. The SMILES string of the molecule is CC(C)Cc1ccc(O)c(Cn2nc3ccccc3n2)c1.CC(C)Cc1ccc(O)c(Cn2nnc3ccccc32)c1. The van der Waals surface area contributed by atoms with Gasteiger partial charge in [-0.05, 0) is 72.2 Å². The maximum absolute atomic E-state index is 10.1. The zero-order valence-electron chi connectivity index (χ0n) is 24.6. The van der Waals surface area contributed by atoms with Crippen LogP contribution in [0.15, 0.2) is 84.9 Å². The number of hydrogen-bond donors (Lipinski definition) is 2. The molecule has 0 radical (unpaired) electrons. The highest BCUT2D eigenvalue weighted by atomic mass is 16.3. The molecule has 0 aliphatic carbocycles. The lowest BCUT2D eigenvalue weighted by molar-refractivity contribution is 0.459. The molecule has 216 valence electrons. The van der Waals surface area contributed by atoms with Crippen molar-refractivity contribution in [1.82, 2.24) is 30.0 Å². The van der Waals surface area contributed by atoms with Crippen LogP contribution in [0.1, 0.15) is 49.9 Å². The monoisotopic (exact) mass is 562 g/mol. The molecule has 42 heavy (non-hydrogen) atoms. The number of fused-ring (bicyclic) bond motifs is 2. The van der Waals surface area contributed by atoms with Crippen LogP contribution in [0.4, 0.5) is 0 Å². The second kappa shape index (κ2) is 12.9. The molecule has 0 saturated heterocycles. The summed E-state index contributed by atoms with van der Waals surface area (Å²) in [7, 11) is 0. The predicted molar refractivity (Wildman–Crippen MR) is 167 cm³/mol. The number of phenols is 2. The molecule has 0 spiro atoms. The Morgan fingerprint density at radius 1 is 0.619 bits per heavy atom. The van der Waals surface area contributed by atoms with E-state index in [0.717, 1.165) is 46.0 Å². The number of phenolic OH excluding ortho intramolecular Hbond substituents is 2. The van der Waals surface area contributed by atoms with Crippen molar-refractivity contribution in [3.05, 3.63) is 107 Å². The Balaban J connectivity index is 0.000000168. The van der Waals surface area contributed by atoms with E-state index in [-0.39, 0.29) is 0 Å². The third-order valence-electron chi connectivity index (χ3n) is 6.96. The molecule has 4 aromatic carbocycles. The number of aromatic hydroxyl groups is 2. The molecule has 2 heterocycles. The van der Waals surface area contributed by atoms with Gasteiger partial charge in [0.25, 0.3) is 0 Å². The van der Waals surface area contributed by atoms with E-state index < -0.39 is 0 Å². The van der Waals surface area contributed by atoms with Crippen molar-refractivity contribution in [3.63, 3.8) is 0 Å². The standard InChI is InChI=1S/2C17H19N3O/c1-12(2)9-13-7-8-17(21)14(10-13)11-20-16-6-4-3-5-15(16)18-19-20;1-12(2)9-13-7-8-17(21)14(10-13)11-20-18-15-5-3-4-6-16(15)19-20/h2*3-8,10,12,21H,9,11H2,1-2H3. The number of rotatable bonds is 8. The molecule has 0 aliphatic heterocycles. The third-order valence-corrected chi connectivity index (χ3v) is 6.96. The molecule has 0 aliphatic rings. The van der Waals surface area contributed by atoms with Gasteiger partial charge >= 0.3 is 0 Å². The molecule has 6 rings (SSSR count). The van der Waals surface area contributed by atoms with Gasteiger partial charge in [0, 0.05) is 11.1 Å². The summed E-state index contributed by atoms with van der Waals surface area (Å²) in [6, 6.07) is 27.2. The van der Waals surface area contributed by atoms with Gasteiger partial charge in [-0.25, -0.2) is 4.68 Å². The van der Waals surface area contributed by atoms with Crippen molar-refractivity contribution < 1.29 is 10.2 Å². The van der Waals surface area contributed by atoms with Crippen molar-refractivity contribution in [2.24, 2.45) is 11.8 Å². The van der Waals surface area contributed by atoms with E-state index in [4.69, 9.17) is 0 Å². The molecule has 0 saturated carbocycles. The molecule has 0 fully saturated rings. The summed E-state index contributed by atoms with van der Waals surface area (Å²) in [5, 5.41) is 37.3. The lowest BCUT2D eigenvalue weighted by atomic mass is 10.0. The molecular formula is C34H38N6O2. The Morgan fingerprint density at radius 2 is 1.12 bits per heavy atom. The maximum atomic E-state index is 10.1. The van der Waals surface area contributed by atoms with E-state index in [9.17, 15) is 10.2 Å². The molecule has 2 aromatic heterocycles. The molecule has 0 amide bonds. The minimum Gasteiger partial charge on any atom is -0.508 e. The molecular weight excluding hydrogens is 524 g/mol. The van der Waals surface area contributed by atoms with Gasteiger partial charge in [-0.1, -0.05) is 81.4 Å². The van der Waals surface area contributed by atoms with Gasteiger partial charge in [0.1, 0.15) is 28.0 Å². The number of benzene rings is 4. The Hall–Kier alpha value is -4.72. The van der Waals surface area contributed by atoms with Crippen LogP contribution in [0.5, 0.6) is 11.5 Å². The molecule has 6 aromatic rings. The molecule has 2 N–H and O–H groups in total. The second-order valence-electron chi connectivity index (χ2n) is 11.6. The maximum Gasteiger partial charge on any atom is 0.120 e. The summed E-state index contributed by atoms with van der Waals surface area (Å²) in [5.74, 6) is 1.79. The average Bonchev–Trinajstić information content (AvgIpc) is 3.56. The predicted octanol–water partition coefficient (Wildman–Crippen LogP) is 6.77. The van der Waals surface area contributed by atoms with Gasteiger partial charge in [0.15, 0.2) is 0 Å². The number of hydrogen-bond acceptors (Lipinski definition) is 6. The Bertz CT molecular complexity index is 1740. The molecule has 0 bridgehead atoms. The van der Waals surface area contributed by atoms with Gasteiger partial charge in [-0.15, -0.1) is 5.10 Å². The first-order chi connectivity index (χ1) is 20.2. The fourth-order valence-corrected chi connectivity index (χ4v) is 5.05. The van der Waals surface area contributed by atoms with Crippen LogP contribution in [0.3, 0.4) is 0 Å². The van der Waals surface area contributed by atoms with E-state index in [1.165, 1.54) is 11.1 Å². The number of aromatic nitrogens is 6.